The first-order valence-electron chi connectivity index (χ1n) is 11.4. The van der Waals surface area contributed by atoms with Gasteiger partial charge in [-0.3, -0.25) is 19.3 Å². The summed E-state index contributed by atoms with van der Waals surface area (Å²) in [5, 5.41) is -0.363. The van der Waals surface area contributed by atoms with E-state index in [1.807, 2.05) is 0 Å². The minimum Gasteiger partial charge on any atom is -0.299 e. The first kappa shape index (κ1) is 23.6. The van der Waals surface area contributed by atoms with Gasteiger partial charge in [0.1, 0.15) is 5.78 Å². The highest BCUT2D eigenvalue weighted by atomic mass is 32.2. The van der Waals surface area contributed by atoms with Gasteiger partial charge in [-0.2, -0.15) is 0 Å². The first-order valence-corrected chi connectivity index (χ1v) is 13.2. The van der Waals surface area contributed by atoms with Gasteiger partial charge >= 0.3 is 0 Å². The number of nitrogens with zero attached hydrogens (tertiary/aromatic N) is 1. The van der Waals surface area contributed by atoms with Crippen LogP contribution in [0, 0.1) is 0 Å². The van der Waals surface area contributed by atoms with Crippen molar-refractivity contribution in [3.63, 3.8) is 0 Å². The van der Waals surface area contributed by atoms with Gasteiger partial charge in [0, 0.05) is 18.9 Å². The van der Waals surface area contributed by atoms with Crippen molar-refractivity contribution in [1.82, 2.24) is 4.90 Å². The van der Waals surface area contributed by atoms with Gasteiger partial charge < -0.3 is 0 Å². The number of unbranched alkanes of at least 4 members (excludes halogenated alkanes) is 2. The van der Waals surface area contributed by atoms with Crippen LogP contribution in [0.4, 0.5) is 0 Å². The van der Waals surface area contributed by atoms with Crippen LogP contribution < -0.4 is 0 Å². The van der Waals surface area contributed by atoms with Crippen LogP contribution in [0.5, 0.6) is 0 Å². The largest absolute Gasteiger partial charge is 0.299 e. The smallest absolute Gasteiger partial charge is 0.261 e. The summed E-state index contributed by atoms with van der Waals surface area (Å²) >= 11 is 0. The lowest BCUT2D eigenvalue weighted by atomic mass is 9.94. The van der Waals surface area contributed by atoms with E-state index < -0.39 is 9.84 Å². The Balaban J connectivity index is 1.52. The van der Waals surface area contributed by atoms with Crippen LogP contribution in [0.15, 0.2) is 18.2 Å². The maximum atomic E-state index is 12.9. The van der Waals surface area contributed by atoms with Crippen LogP contribution >= 0.6 is 0 Å². The highest BCUT2D eigenvalue weighted by molar-refractivity contribution is 7.91. The van der Waals surface area contributed by atoms with Gasteiger partial charge in [0.05, 0.1) is 22.1 Å². The molecule has 7 heteroatoms. The number of hydrogen-bond donors (Lipinski definition) is 0. The number of fused-ring (bicyclic) bond motifs is 1. The lowest BCUT2D eigenvalue weighted by Gasteiger charge is -2.29. The second-order valence-electron chi connectivity index (χ2n) is 9.09. The Bertz CT molecular complexity index is 945. The Morgan fingerprint density at radius 3 is 2.35 bits per heavy atom. The number of sulfone groups is 1. The molecule has 0 spiro atoms. The minimum absolute atomic E-state index is 0.00857. The van der Waals surface area contributed by atoms with Crippen LogP contribution in [0.3, 0.4) is 0 Å². The number of amides is 2. The molecule has 0 saturated heterocycles. The molecule has 1 aliphatic carbocycles. The molecular formula is C24H33NO5S. The Kier molecular flexibility index (Phi) is 7.68. The number of ketones is 1. The predicted octanol–water partition coefficient (Wildman–Crippen LogP) is 4.11. The van der Waals surface area contributed by atoms with Crippen LogP contribution in [-0.2, 0) is 21.1 Å². The predicted molar refractivity (Wildman–Crippen MR) is 120 cm³/mol. The number of carbonyl (C=O) groups is 3. The maximum absolute atomic E-state index is 12.9. The highest BCUT2D eigenvalue weighted by Gasteiger charge is 2.40. The molecule has 0 N–H and O–H groups in total. The Hall–Kier alpha value is -2.02. The van der Waals surface area contributed by atoms with Crippen molar-refractivity contribution in [1.29, 1.82) is 0 Å². The summed E-state index contributed by atoms with van der Waals surface area (Å²) in [4.78, 5) is 39.4. The second-order valence-corrected chi connectivity index (χ2v) is 11.8. The fourth-order valence-corrected chi connectivity index (χ4v) is 5.52. The summed E-state index contributed by atoms with van der Waals surface area (Å²) in [6.07, 6.45) is 7.52. The van der Waals surface area contributed by atoms with Crippen LogP contribution in [0.1, 0.15) is 97.9 Å². The molecule has 3 rings (SSSR count). The van der Waals surface area contributed by atoms with E-state index in [2.05, 4.69) is 0 Å². The molecular weight excluding hydrogens is 414 g/mol. The molecule has 1 aliphatic heterocycles. The molecule has 2 amide bonds. The van der Waals surface area contributed by atoms with Crippen LogP contribution in [-0.4, -0.2) is 48.0 Å². The maximum Gasteiger partial charge on any atom is 0.261 e. The Labute approximate surface area is 185 Å². The summed E-state index contributed by atoms with van der Waals surface area (Å²) in [6.45, 7) is 3.37. The van der Waals surface area contributed by atoms with Gasteiger partial charge in [-0.05, 0) is 57.2 Å². The SMILES string of the molecule is CC(C)S(=O)(=O)CCCCCC(=O)Cc1ccc2c(c1)C(=O)N(C1CCCCC1)C2=O. The van der Waals surface area contributed by atoms with Crippen molar-refractivity contribution >= 4 is 27.4 Å². The van der Waals surface area contributed by atoms with Crippen LogP contribution in [0.2, 0.25) is 0 Å². The number of hydrogen-bond acceptors (Lipinski definition) is 5. The van der Waals surface area contributed by atoms with Crippen molar-refractivity contribution in [2.45, 2.75) is 89.3 Å². The van der Waals surface area contributed by atoms with Crippen molar-refractivity contribution in [3.8, 4) is 0 Å². The quantitative estimate of drug-likeness (QED) is 0.398. The summed E-state index contributed by atoms with van der Waals surface area (Å²) in [7, 11) is -3.02. The zero-order valence-electron chi connectivity index (χ0n) is 18.6. The molecule has 31 heavy (non-hydrogen) atoms. The van der Waals surface area contributed by atoms with E-state index in [4.69, 9.17) is 0 Å². The average molecular weight is 448 g/mol. The minimum atomic E-state index is -3.02. The molecule has 0 unspecified atom stereocenters. The molecule has 1 fully saturated rings. The van der Waals surface area contributed by atoms with E-state index in [-0.39, 0.29) is 41.1 Å². The molecule has 0 atom stereocenters. The average Bonchev–Trinajstić information content (AvgIpc) is 2.98. The number of carbonyl (C=O) groups excluding carboxylic acids is 3. The van der Waals surface area contributed by atoms with Crippen molar-refractivity contribution in [3.05, 3.63) is 34.9 Å². The topological polar surface area (TPSA) is 88.6 Å². The van der Waals surface area contributed by atoms with Gasteiger partial charge in [0.15, 0.2) is 9.84 Å². The Morgan fingerprint density at radius 1 is 1.00 bits per heavy atom. The van der Waals surface area contributed by atoms with E-state index in [9.17, 15) is 22.8 Å². The summed E-state index contributed by atoms with van der Waals surface area (Å²) in [5.74, 6) is -0.210. The van der Waals surface area contributed by atoms with Gasteiger partial charge in [0.25, 0.3) is 11.8 Å². The molecule has 6 nitrogen and oxygen atoms in total. The van der Waals surface area contributed by atoms with Crippen molar-refractivity contribution < 1.29 is 22.8 Å². The normalized spacial score (nSPS) is 17.5. The van der Waals surface area contributed by atoms with Crippen molar-refractivity contribution in [2.24, 2.45) is 0 Å². The number of Topliss-reactive ketones (excluding diaryl/α,β-unsaturated/α-hetero) is 1. The summed E-state index contributed by atoms with van der Waals surface area (Å²) in [6, 6.07) is 5.14. The number of imide groups is 1. The molecule has 2 aliphatic rings. The molecule has 1 heterocycles. The second kappa shape index (κ2) is 10.1. The van der Waals surface area contributed by atoms with Gasteiger partial charge in [-0.15, -0.1) is 0 Å². The molecule has 0 aromatic heterocycles. The zero-order chi connectivity index (χ0) is 22.6. The van der Waals surface area contributed by atoms with E-state index in [1.54, 1.807) is 32.0 Å². The molecule has 0 bridgehead atoms. The van der Waals surface area contributed by atoms with E-state index in [0.29, 0.717) is 36.8 Å². The van der Waals surface area contributed by atoms with Gasteiger partial charge in [-0.1, -0.05) is 31.7 Å². The van der Waals surface area contributed by atoms with Gasteiger partial charge in [-0.25, -0.2) is 8.42 Å². The third-order valence-corrected chi connectivity index (χ3v) is 8.72. The molecule has 1 aromatic rings. The summed E-state index contributed by atoms with van der Waals surface area (Å²) < 4.78 is 23.6. The van der Waals surface area contributed by atoms with E-state index in [0.717, 1.165) is 37.7 Å². The van der Waals surface area contributed by atoms with Crippen molar-refractivity contribution in [2.75, 3.05) is 5.75 Å². The fourth-order valence-electron chi connectivity index (χ4n) is 4.44. The number of rotatable bonds is 10. The molecule has 0 radical (unpaired) electrons. The first-order chi connectivity index (χ1) is 14.7. The standard InChI is InChI=1S/C24H33NO5S/c1-17(2)31(29,30)14-8-4-7-11-20(26)15-18-12-13-21-22(16-18)24(28)25(23(21)27)19-9-5-3-6-10-19/h12-13,16-17,19H,3-11,14-15H2,1-2H3. The third-order valence-electron chi connectivity index (χ3n) is 6.43. The van der Waals surface area contributed by atoms with Crippen LogP contribution in [0.25, 0.3) is 0 Å². The fraction of sp³-hybridized carbons (Fsp3) is 0.625. The third kappa shape index (κ3) is 5.62. The summed E-state index contributed by atoms with van der Waals surface area (Å²) in [5.41, 5.74) is 1.61. The van der Waals surface area contributed by atoms with Gasteiger partial charge in [0.2, 0.25) is 0 Å². The molecule has 1 saturated carbocycles. The Morgan fingerprint density at radius 2 is 1.68 bits per heavy atom. The monoisotopic (exact) mass is 447 g/mol. The molecule has 170 valence electrons. The lowest BCUT2D eigenvalue weighted by molar-refractivity contribution is -0.118. The van der Waals surface area contributed by atoms with E-state index in [1.165, 1.54) is 4.90 Å². The molecule has 1 aromatic carbocycles. The lowest BCUT2D eigenvalue weighted by Crippen LogP contribution is -2.40. The zero-order valence-corrected chi connectivity index (χ0v) is 19.4. The number of benzene rings is 1. The van der Waals surface area contributed by atoms with E-state index >= 15 is 0 Å². The highest BCUT2D eigenvalue weighted by Crippen LogP contribution is 2.31.